The van der Waals surface area contributed by atoms with Crippen LogP contribution in [0.4, 0.5) is 0 Å². The Morgan fingerprint density at radius 1 is 1.44 bits per heavy atom. The van der Waals surface area contributed by atoms with Crippen LogP contribution in [0.25, 0.3) is 5.65 Å². The molecule has 0 spiro atoms. The normalized spacial score (nSPS) is 20.6. The van der Waals surface area contributed by atoms with Crippen LogP contribution in [0.3, 0.4) is 0 Å². The average Bonchev–Trinajstić information content (AvgIpc) is 2.93. The lowest BCUT2D eigenvalue weighted by Crippen LogP contribution is -2.19. The fourth-order valence-corrected chi connectivity index (χ4v) is 2.50. The first-order valence-corrected chi connectivity index (χ1v) is 5.95. The minimum absolute atomic E-state index is 0.226. The van der Waals surface area contributed by atoms with Crippen LogP contribution < -0.4 is 0 Å². The highest BCUT2D eigenvalue weighted by atomic mass is 16.4. The highest BCUT2D eigenvalue weighted by Crippen LogP contribution is 2.29. The van der Waals surface area contributed by atoms with Crippen molar-refractivity contribution in [3.63, 3.8) is 0 Å². The van der Waals surface area contributed by atoms with Crippen molar-refractivity contribution in [1.29, 1.82) is 0 Å². The summed E-state index contributed by atoms with van der Waals surface area (Å²) in [5, 5.41) is 17.3. The maximum absolute atomic E-state index is 11.0. The lowest BCUT2D eigenvalue weighted by Gasteiger charge is -2.17. The van der Waals surface area contributed by atoms with Gasteiger partial charge in [-0.25, -0.2) is 4.79 Å². The largest absolute Gasteiger partial charge is 0.478 e. The first-order chi connectivity index (χ1) is 8.66. The molecule has 6 heteroatoms. The Morgan fingerprint density at radius 2 is 2.28 bits per heavy atom. The molecule has 1 aliphatic heterocycles. The molecule has 1 N–H and O–H groups in total. The lowest BCUT2D eigenvalue weighted by molar-refractivity contribution is 0.0696. The highest BCUT2D eigenvalue weighted by molar-refractivity contribution is 5.87. The summed E-state index contributed by atoms with van der Waals surface area (Å²) in [7, 11) is 2.06. The Hall–Kier alpha value is -1.95. The molecule has 0 bridgehead atoms. The molecule has 0 saturated carbocycles. The molecule has 3 rings (SSSR count). The van der Waals surface area contributed by atoms with Crippen LogP contribution in [0.15, 0.2) is 18.3 Å². The maximum Gasteiger partial charge on any atom is 0.337 e. The van der Waals surface area contributed by atoms with Gasteiger partial charge in [0.1, 0.15) is 0 Å². The summed E-state index contributed by atoms with van der Waals surface area (Å²) in [6.07, 6.45) is 3.77. The first-order valence-electron chi connectivity index (χ1n) is 5.95. The summed E-state index contributed by atoms with van der Waals surface area (Å²) in [6.45, 7) is 1.04. The van der Waals surface area contributed by atoms with Crippen LogP contribution in [-0.4, -0.2) is 44.2 Å². The second kappa shape index (κ2) is 4.06. The number of fused-ring (bicyclic) bond motifs is 1. The van der Waals surface area contributed by atoms with Crippen LogP contribution >= 0.6 is 0 Å². The number of aromatic carboxylic acids is 1. The van der Waals surface area contributed by atoms with Gasteiger partial charge in [-0.05, 0) is 38.6 Å². The predicted octanol–water partition coefficient (Wildman–Crippen LogP) is 1.19. The zero-order valence-corrected chi connectivity index (χ0v) is 10.1. The van der Waals surface area contributed by atoms with Crippen LogP contribution in [0.1, 0.15) is 35.1 Å². The van der Waals surface area contributed by atoms with E-state index in [1.807, 2.05) is 0 Å². The predicted molar refractivity (Wildman–Crippen MR) is 64.6 cm³/mol. The van der Waals surface area contributed by atoms with Crippen molar-refractivity contribution in [3.05, 3.63) is 29.7 Å². The van der Waals surface area contributed by atoms with E-state index in [2.05, 4.69) is 22.1 Å². The molecule has 0 amide bonds. The topological polar surface area (TPSA) is 70.7 Å². The number of carboxylic acids is 1. The van der Waals surface area contributed by atoms with E-state index < -0.39 is 5.97 Å². The third-order valence-electron chi connectivity index (χ3n) is 3.49. The summed E-state index contributed by atoms with van der Waals surface area (Å²) < 4.78 is 1.79. The molecule has 0 aliphatic carbocycles. The molecule has 1 unspecified atom stereocenters. The van der Waals surface area contributed by atoms with Crippen molar-refractivity contribution in [2.75, 3.05) is 13.6 Å². The van der Waals surface area contributed by atoms with Gasteiger partial charge in [0.25, 0.3) is 0 Å². The van der Waals surface area contributed by atoms with Crippen molar-refractivity contribution in [1.82, 2.24) is 19.5 Å². The van der Waals surface area contributed by atoms with Crippen LogP contribution in [0.2, 0.25) is 0 Å². The SMILES string of the molecule is CN1CCCC1c1nnc2ccc(C(=O)O)cn12. The van der Waals surface area contributed by atoms with E-state index in [0.29, 0.717) is 5.65 Å². The number of carbonyl (C=O) groups is 1. The molecule has 2 aromatic heterocycles. The molecule has 1 saturated heterocycles. The Morgan fingerprint density at radius 3 is 2.94 bits per heavy atom. The Labute approximate surface area is 104 Å². The monoisotopic (exact) mass is 246 g/mol. The van der Waals surface area contributed by atoms with E-state index in [4.69, 9.17) is 5.11 Å². The molecule has 2 aromatic rings. The quantitative estimate of drug-likeness (QED) is 0.862. The second-order valence-electron chi connectivity index (χ2n) is 4.65. The van der Waals surface area contributed by atoms with Gasteiger partial charge in [0.15, 0.2) is 11.5 Å². The smallest absolute Gasteiger partial charge is 0.337 e. The molecule has 3 heterocycles. The van der Waals surface area contributed by atoms with Gasteiger partial charge in [0.05, 0.1) is 11.6 Å². The number of hydrogen-bond acceptors (Lipinski definition) is 4. The number of hydrogen-bond donors (Lipinski definition) is 1. The number of carboxylic acid groups (broad SMARTS) is 1. The van der Waals surface area contributed by atoms with Crippen molar-refractivity contribution in [2.45, 2.75) is 18.9 Å². The molecule has 94 valence electrons. The second-order valence-corrected chi connectivity index (χ2v) is 4.65. The maximum atomic E-state index is 11.0. The van der Waals surface area contributed by atoms with Gasteiger partial charge in [-0.3, -0.25) is 9.30 Å². The number of nitrogens with zero attached hydrogens (tertiary/aromatic N) is 4. The van der Waals surface area contributed by atoms with Crippen molar-refractivity contribution in [3.8, 4) is 0 Å². The number of rotatable bonds is 2. The molecule has 6 nitrogen and oxygen atoms in total. The van der Waals surface area contributed by atoms with Crippen molar-refractivity contribution in [2.24, 2.45) is 0 Å². The van der Waals surface area contributed by atoms with E-state index in [1.165, 1.54) is 0 Å². The minimum Gasteiger partial charge on any atom is -0.478 e. The van der Waals surface area contributed by atoms with Crippen molar-refractivity contribution >= 4 is 11.6 Å². The van der Waals surface area contributed by atoms with Gasteiger partial charge in [0.2, 0.25) is 0 Å². The zero-order valence-electron chi connectivity index (χ0n) is 10.1. The summed E-state index contributed by atoms with van der Waals surface area (Å²) in [6, 6.07) is 3.47. The molecule has 18 heavy (non-hydrogen) atoms. The van der Waals surface area contributed by atoms with Gasteiger partial charge in [-0.2, -0.15) is 0 Å². The van der Waals surface area contributed by atoms with E-state index in [1.54, 1.807) is 22.7 Å². The third kappa shape index (κ3) is 1.65. The number of pyridine rings is 1. The molecule has 1 aliphatic rings. The van der Waals surface area contributed by atoms with Gasteiger partial charge >= 0.3 is 5.97 Å². The summed E-state index contributed by atoms with van der Waals surface area (Å²) in [4.78, 5) is 13.2. The van der Waals surface area contributed by atoms with E-state index in [9.17, 15) is 4.79 Å². The van der Waals surface area contributed by atoms with E-state index >= 15 is 0 Å². The molecule has 0 radical (unpaired) electrons. The van der Waals surface area contributed by atoms with Gasteiger partial charge in [-0.1, -0.05) is 0 Å². The first kappa shape index (κ1) is 11.2. The fraction of sp³-hybridized carbons (Fsp3) is 0.417. The van der Waals surface area contributed by atoms with Gasteiger partial charge < -0.3 is 5.11 Å². The van der Waals surface area contributed by atoms with Gasteiger partial charge in [0, 0.05) is 6.20 Å². The number of aromatic nitrogens is 3. The molecule has 1 atom stereocenters. The molecule has 0 aromatic carbocycles. The highest BCUT2D eigenvalue weighted by Gasteiger charge is 2.27. The lowest BCUT2D eigenvalue weighted by atomic mass is 10.2. The van der Waals surface area contributed by atoms with Crippen LogP contribution in [-0.2, 0) is 0 Å². The average molecular weight is 246 g/mol. The Kier molecular flexibility index (Phi) is 2.52. The zero-order chi connectivity index (χ0) is 12.7. The molecule has 1 fully saturated rings. The van der Waals surface area contributed by atoms with Crippen molar-refractivity contribution < 1.29 is 9.90 Å². The summed E-state index contributed by atoms with van der Waals surface area (Å²) >= 11 is 0. The molecular formula is C12H14N4O2. The van der Waals surface area contributed by atoms with E-state index in [0.717, 1.165) is 25.2 Å². The number of likely N-dealkylation sites (tertiary alicyclic amines) is 1. The minimum atomic E-state index is -0.934. The standard InChI is InChI=1S/C12H14N4O2/c1-15-6-2-3-9(15)11-14-13-10-5-4-8(12(17)18)7-16(10)11/h4-5,7,9H,2-3,6H2,1H3,(H,17,18). The van der Waals surface area contributed by atoms with Crippen LogP contribution in [0, 0.1) is 0 Å². The van der Waals surface area contributed by atoms with Gasteiger partial charge in [-0.15, -0.1) is 10.2 Å². The Balaban J connectivity index is 2.11. The molecular weight excluding hydrogens is 232 g/mol. The van der Waals surface area contributed by atoms with E-state index in [-0.39, 0.29) is 11.6 Å². The summed E-state index contributed by atoms with van der Waals surface area (Å²) in [5.41, 5.74) is 0.944. The Bertz CT molecular complexity index is 607. The third-order valence-corrected chi connectivity index (χ3v) is 3.49. The summed E-state index contributed by atoms with van der Waals surface area (Å²) in [5.74, 6) is -0.107. The fourth-order valence-electron chi connectivity index (χ4n) is 2.50. The van der Waals surface area contributed by atoms with Crippen LogP contribution in [0.5, 0.6) is 0 Å².